The van der Waals surface area contributed by atoms with Crippen molar-refractivity contribution in [2.24, 2.45) is 11.8 Å². The van der Waals surface area contributed by atoms with Gasteiger partial charge in [-0.2, -0.15) is 0 Å². The molecule has 0 spiro atoms. The average molecular weight is 555 g/mol. The molecule has 5 nitrogen and oxygen atoms in total. The molecule has 1 fully saturated rings. The molecular weight excluding hydrogens is 516 g/mol. The number of benzene rings is 2. The maximum absolute atomic E-state index is 13.0. The van der Waals surface area contributed by atoms with Crippen LogP contribution in [0.2, 0.25) is 5.02 Å². The van der Waals surface area contributed by atoms with Crippen LogP contribution in [0.1, 0.15) is 79.8 Å². The lowest BCUT2D eigenvalue weighted by atomic mass is 9.70. The van der Waals surface area contributed by atoms with Crippen molar-refractivity contribution in [1.29, 1.82) is 0 Å². The van der Waals surface area contributed by atoms with Crippen LogP contribution in [-0.2, 0) is 17.4 Å². The summed E-state index contributed by atoms with van der Waals surface area (Å²) in [6.45, 7) is 6.66. The fourth-order valence-corrected chi connectivity index (χ4v) is 7.26. The van der Waals surface area contributed by atoms with Crippen molar-refractivity contribution in [3.63, 3.8) is 0 Å². The molecule has 1 amide bonds. The highest BCUT2D eigenvalue weighted by Crippen LogP contribution is 2.43. The van der Waals surface area contributed by atoms with E-state index in [1.807, 2.05) is 18.2 Å². The van der Waals surface area contributed by atoms with Crippen molar-refractivity contribution in [2.45, 2.75) is 64.7 Å². The predicted molar refractivity (Wildman–Crippen MR) is 157 cm³/mol. The smallest absolute Gasteiger partial charge is 0.263 e. The molecule has 2 heterocycles. The minimum atomic E-state index is -1.39. The van der Waals surface area contributed by atoms with Gasteiger partial charge in [-0.15, -0.1) is 0 Å². The van der Waals surface area contributed by atoms with Crippen molar-refractivity contribution in [3.8, 4) is 5.75 Å². The number of allylic oxidation sites excluding steroid dienone is 2. The monoisotopic (exact) mass is 554 g/mol. The number of amides is 1. The van der Waals surface area contributed by atoms with E-state index in [0.717, 1.165) is 61.7 Å². The molecule has 5 rings (SSSR count). The van der Waals surface area contributed by atoms with Crippen LogP contribution in [0, 0.1) is 11.8 Å². The third-order valence-corrected chi connectivity index (χ3v) is 9.81. The standard InChI is InChI=1S/C31H39ClN2O3S/c1-3-6-23-16-27(32)11-12-28(23)26-19-34-18-25-9-8-22(25)15-21(4-2)7-5-14-38(36)33-31(35)24-10-13-30(37-20-26)29(34)17-24/h4,10-13,16-17,22,25-26H,3,5-9,14-15,18-20H2,1-2H3,(H,33,35)/b21-4+. The number of anilines is 1. The van der Waals surface area contributed by atoms with E-state index in [9.17, 15) is 9.00 Å². The lowest BCUT2D eigenvalue weighted by Crippen LogP contribution is -2.40. The van der Waals surface area contributed by atoms with Gasteiger partial charge in [-0.1, -0.05) is 42.7 Å². The quantitative estimate of drug-likeness (QED) is 0.423. The van der Waals surface area contributed by atoms with Gasteiger partial charge in [0.2, 0.25) is 0 Å². The fourth-order valence-electron chi connectivity index (χ4n) is 6.23. The highest BCUT2D eigenvalue weighted by Gasteiger charge is 2.35. The van der Waals surface area contributed by atoms with E-state index in [1.54, 1.807) is 6.07 Å². The molecule has 1 saturated carbocycles. The van der Waals surface area contributed by atoms with Crippen LogP contribution >= 0.6 is 11.6 Å². The lowest BCUT2D eigenvalue weighted by Gasteiger charge is -2.41. The minimum Gasteiger partial charge on any atom is -0.491 e. The van der Waals surface area contributed by atoms with Gasteiger partial charge >= 0.3 is 0 Å². The second-order valence-electron chi connectivity index (χ2n) is 11.0. The van der Waals surface area contributed by atoms with Crippen molar-refractivity contribution in [2.75, 3.05) is 30.3 Å². The van der Waals surface area contributed by atoms with Gasteiger partial charge in [0.1, 0.15) is 16.7 Å². The molecule has 38 heavy (non-hydrogen) atoms. The topological polar surface area (TPSA) is 58.6 Å². The molecule has 0 saturated heterocycles. The molecule has 2 bridgehead atoms. The Balaban J connectivity index is 1.51. The Morgan fingerprint density at radius 3 is 2.76 bits per heavy atom. The van der Waals surface area contributed by atoms with Crippen molar-refractivity contribution in [3.05, 3.63) is 69.8 Å². The normalized spacial score (nSPS) is 27.2. The zero-order valence-electron chi connectivity index (χ0n) is 22.5. The van der Waals surface area contributed by atoms with E-state index in [0.29, 0.717) is 29.8 Å². The first-order chi connectivity index (χ1) is 18.4. The van der Waals surface area contributed by atoms with Crippen molar-refractivity contribution < 1.29 is 13.7 Å². The van der Waals surface area contributed by atoms with E-state index >= 15 is 0 Å². The van der Waals surface area contributed by atoms with Gasteiger partial charge in [-0.05, 0) is 98.7 Å². The zero-order chi connectivity index (χ0) is 26.6. The van der Waals surface area contributed by atoms with Crippen molar-refractivity contribution in [1.82, 2.24) is 4.72 Å². The summed E-state index contributed by atoms with van der Waals surface area (Å²) in [6.07, 6.45) is 9.63. The SMILES string of the molecule is C/C=C1\CCCS(=O)NC(=O)c2ccc3c(c2)N(CC(c2ccc(Cl)cc2CCC)CO3)CC2CCC2C1. The number of carbonyl (C=O) groups excluding carboxylic acids is 1. The van der Waals surface area contributed by atoms with Crippen LogP contribution in [0.4, 0.5) is 5.69 Å². The van der Waals surface area contributed by atoms with Gasteiger partial charge in [-0.3, -0.25) is 9.52 Å². The molecule has 2 aromatic rings. The molecule has 2 aromatic carbocycles. The van der Waals surface area contributed by atoms with Crippen LogP contribution in [-0.4, -0.2) is 35.6 Å². The molecule has 2 aliphatic heterocycles. The maximum Gasteiger partial charge on any atom is 0.263 e. The fraction of sp³-hybridized carbons (Fsp3) is 0.516. The minimum absolute atomic E-state index is 0.192. The number of halogens is 1. The number of fused-ring (bicyclic) bond motifs is 2. The Morgan fingerprint density at radius 2 is 2.00 bits per heavy atom. The van der Waals surface area contributed by atoms with Gasteiger partial charge in [0.25, 0.3) is 5.91 Å². The van der Waals surface area contributed by atoms with Gasteiger partial charge in [-0.25, -0.2) is 4.21 Å². The highest BCUT2D eigenvalue weighted by molar-refractivity contribution is 7.83. The summed E-state index contributed by atoms with van der Waals surface area (Å²) in [5.41, 5.74) is 5.52. The van der Waals surface area contributed by atoms with E-state index in [4.69, 9.17) is 16.3 Å². The summed E-state index contributed by atoms with van der Waals surface area (Å²) < 4.78 is 21.8. The van der Waals surface area contributed by atoms with Gasteiger partial charge < -0.3 is 9.64 Å². The maximum atomic E-state index is 13.0. The van der Waals surface area contributed by atoms with E-state index < -0.39 is 11.0 Å². The van der Waals surface area contributed by atoms with E-state index in [-0.39, 0.29) is 11.8 Å². The Labute approximate surface area is 234 Å². The number of ether oxygens (including phenoxy) is 1. The largest absolute Gasteiger partial charge is 0.491 e. The molecule has 4 atom stereocenters. The first-order valence-electron chi connectivity index (χ1n) is 14.1. The predicted octanol–water partition coefficient (Wildman–Crippen LogP) is 6.83. The second kappa shape index (κ2) is 12.3. The number of nitrogens with zero attached hydrogens (tertiary/aromatic N) is 1. The van der Waals surface area contributed by atoms with Crippen LogP contribution in [0.5, 0.6) is 5.75 Å². The van der Waals surface area contributed by atoms with Crippen molar-refractivity contribution >= 4 is 34.2 Å². The third-order valence-electron chi connectivity index (χ3n) is 8.50. The van der Waals surface area contributed by atoms with E-state index in [1.165, 1.54) is 29.5 Å². The molecule has 4 unspecified atom stereocenters. The van der Waals surface area contributed by atoms with Gasteiger partial charge in [0.05, 0.1) is 12.3 Å². The summed E-state index contributed by atoms with van der Waals surface area (Å²) in [5.74, 6) is 2.45. The van der Waals surface area contributed by atoms with Crippen LogP contribution in [0.25, 0.3) is 0 Å². The molecule has 7 heteroatoms. The average Bonchev–Trinajstić information content (AvgIpc) is 3.07. The van der Waals surface area contributed by atoms with Gasteiger partial charge in [0, 0.05) is 35.3 Å². The number of hydrogen-bond donors (Lipinski definition) is 1. The van der Waals surface area contributed by atoms with Crippen LogP contribution < -0.4 is 14.4 Å². The van der Waals surface area contributed by atoms with Gasteiger partial charge in [0.15, 0.2) is 0 Å². The number of aryl methyl sites for hydroxylation is 1. The number of hydrogen-bond acceptors (Lipinski definition) is 4. The molecular formula is C31H39ClN2O3S. The summed E-state index contributed by atoms with van der Waals surface area (Å²) in [7, 11) is -1.39. The lowest BCUT2D eigenvalue weighted by molar-refractivity contribution is 0.0983. The molecule has 0 aromatic heterocycles. The molecule has 1 N–H and O–H groups in total. The summed E-state index contributed by atoms with van der Waals surface area (Å²) in [6, 6.07) is 11.9. The summed E-state index contributed by atoms with van der Waals surface area (Å²) >= 11 is 6.38. The van der Waals surface area contributed by atoms with Crippen LogP contribution in [0.15, 0.2) is 48.0 Å². The third kappa shape index (κ3) is 6.12. The number of nitrogens with one attached hydrogen (secondary N) is 1. The second-order valence-corrected chi connectivity index (χ2v) is 12.8. The molecule has 1 aliphatic carbocycles. The zero-order valence-corrected chi connectivity index (χ0v) is 24.1. The Morgan fingerprint density at radius 1 is 1.16 bits per heavy atom. The molecule has 0 radical (unpaired) electrons. The summed E-state index contributed by atoms with van der Waals surface area (Å²) in [4.78, 5) is 15.5. The molecule has 204 valence electrons. The Bertz CT molecular complexity index is 1230. The first kappa shape index (κ1) is 27.3. The molecule has 3 aliphatic rings. The highest BCUT2D eigenvalue weighted by atomic mass is 35.5. The summed E-state index contributed by atoms with van der Waals surface area (Å²) in [5, 5.41) is 0.773. The number of rotatable bonds is 3. The Hall–Kier alpha value is -2.31. The first-order valence-corrected chi connectivity index (χ1v) is 15.8. The van der Waals surface area contributed by atoms with E-state index in [2.05, 4.69) is 41.7 Å². The Kier molecular flexibility index (Phi) is 8.79. The number of carbonyl (C=O) groups is 1. The van der Waals surface area contributed by atoms with Crippen LogP contribution in [0.3, 0.4) is 0 Å².